The van der Waals surface area contributed by atoms with E-state index in [1.807, 2.05) is 0 Å². The van der Waals surface area contributed by atoms with Gasteiger partial charge in [0.05, 0.1) is 12.4 Å². The zero-order valence-corrected chi connectivity index (χ0v) is 10.0. The van der Waals surface area contributed by atoms with Crippen molar-refractivity contribution in [2.24, 2.45) is 0 Å². The molecule has 1 fully saturated rings. The Hall–Kier alpha value is -1.24. The van der Waals surface area contributed by atoms with Crippen molar-refractivity contribution < 1.29 is 4.74 Å². The number of hydrogen-bond acceptors (Lipinski definition) is 1. The molecule has 0 amide bonds. The van der Waals surface area contributed by atoms with Gasteiger partial charge < -0.3 is 4.74 Å². The van der Waals surface area contributed by atoms with E-state index in [1.54, 1.807) is 5.57 Å². The van der Waals surface area contributed by atoms with Crippen LogP contribution in [0.1, 0.15) is 38.2 Å². The lowest BCUT2D eigenvalue weighted by molar-refractivity contribution is 0.208. The van der Waals surface area contributed by atoms with Crippen LogP contribution >= 0.6 is 0 Å². The number of aryl methyl sites for hydroxylation is 1. The molecular weight excluding hydrogens is 196 g/mol. The van der Waals surface area contributed by atoms with Gasteiger partial charge in [0.15, 0.2) is 0 Å². The van der Waals surface area contributed by atoms with E-state index in [-0.39, 0.29) is 0 Å². The van der Waals surface area contributed by atoms with E-state index < -0.39 is 0 Å². The monoisotopic (exact) mass is 216 g/mol. The van der Waals surface area contributed by atoms with E-state index in [1.165, 1.54) is 30.6 Å². The second-order valence-corrected chi connectivity index (χ2v) is 4.30. The number of allylic oxidation sites excluding steroid dienone is 2. The molecule has 0 N–H and O–H groups in total. The summed E-state index contributed by atoms with van der Waals surface area (Å²) >= 11 is 0. The average Bonchev–Trinajstić information content (AvgIpc) is 2.25. The molecule has 0 aliphatic heterocycles. The van der Waals surface area contributed by atoms with Crippen LogP contribution in [0.2, 0.25) is 0 Å². The number of rotatable bonds is 5. The number of ether oxygens (including phenoxy) is 1. The third-order valence-electron chi connectivity index (χ3n) is 3.15. The molecule has 2 rings (SSSR count). The van der Waals surface area contributed by atoms with Crippen molar-refractivity contribution in [3.05, 3.63) is 47.2 Å². The molecule has 0 spiro atoms. The Bertz CT molecular complexity index is 345. The highest BCUT2D eigenvalue weighted by Gasteiger charge is 2.15. The quantitative estimate of drug-likeness (QED) is 0.673. The SMILES string of the molecule is CCOC(CCc1ccccc1)=C1CCC1. The highest BCUT2D eigenvalue weighted by atomic mass is 16.5. The van der Waals surface area contributed by atoms with Gasteiger partial charge >= 0.3 is 0 Å². The van der Waals surface area contributed by atoms with E-state index in [0.717, 1.165) is 19.4 Å². The molecule has 0 heterocycles. The minimum absolute atomic E-state index is 0.799. The molecule has 1 aromatic carbocycles. The van der Waals surface area contributed by atoms with Crippen LogP contribution in [0.25, 0.3) is 0 Å². The van der Waals surface area contributed by atoms with Crippen molar-refractivity contribution in [2.45, 2.75) is 39.0 Å². The summed E-state index contributed by atoms with van der Waals surface area (Å²) in [5.74, 6) is 1.26. The smallest absolute Gasteiger partial charge is 0.0954 e. The predicted octanol–water partition coefficient (Wildman–Crippen LogP) is 4.09. The maximum absolute atomic E-state index is 5.75. The van der Waals surface area contributed by atoms with Gasteiger partial charge in [-0.3, -0.25) is 0 Å². The highest BCUT2D eigenvalue weighted by molar-refractivity contribution is 5.19. The normalized spacial score (nSPS) is 14.4. The molecule has 1 aromatic rings. The van der Waals surface area contributed by atoms with Gasteiger partial charge in [-0.1, -0.05) is 30.3 Å². The topological polar surface area (TPSA) is 9.23 Å². The van der Waals surface area contributed by atoms with Crippen LogP contribution in [0.4, 0.5) is 0 Å². The molecule has 0 atom stereocenters. The van der Waals surface area contributed by atoms with E-state index in [0.29, 0.717) is 0 Å². The van der Waals surface area contributed by atoms with Crippen molar-refractivity contribution in [1.29, 1.82) is 0 Å². The van der Waals surface area contributed by atoms with E-state index in [9.17, 15) is 0 Å². The number of benzene rings is 1. The third kappa shape index (κ3) is 2.88. The number of hydrogen-bond donors (Lipinski definition) is 0. The molecular formula is C15H20O. The largest absolute Gasteiger partial charge is 0.498 e. The van der Waals surface area contributed by atoms with Crippen molar-refractivity contribution in [3.8, 4) is 0 Å². The van der Waals surface area contributed by atoms with Crippen molar-refractivity contribution in [2.75, 3.05) is 6.61 Å². The van der Waals surface area contributed by atoms with Gasteiger partial charge in [-0.15, -0.1) is 0 Å². The molecule has 86 valence electrons. The van der Waals surface area contributed by atoms with Gasteiger partial charge in [0.1, 0.15) is 0 Å². The maximum Gasteiger partial charge on any atom is 0.0954 e. The fourth-order valence-electron chi connectivity index (χ4n) is 2.06. The molecule has 16 heavy (non-hydrogen) atoms. The van der Waals surface area contributed by atoms with Gasteiger partial charge in [0.25, 0.3) is 0 Å². The van der Waals surface area contributed by atoms with Gasteiger partial charge in [0, 0.05) is 6.42 Å². The summed E-state index contributed by atoms with van der Waals surface area (Å²) in [7, 11) is 0. The molecule has 1 aliphatic rings. The fourth-order valence-corrected chi connectivity index (χ4v) is 2.06. The van der Waals surface area contributed by atoms with Crippen LogP contribution in [0.3, 0.4) is 0 Å². The van der Waals surface area contributed by atoms with Gasteiger partial charge in [-0.25, -0.2) is 0 Å². The molecule has 0 bridgehead atoms. The Morgan fingerprint density at radius 3 is 2.50 bits per heavy atom. The molecule has 0 aromatic heterocycles. The van der Waals surface area contributed by atoms with E-state index >= 15 is 0 Å². The summed E-state index contributed by atoms with van der Waals surface area (Å²) in [5.41, 5.74) is 2.96. The van der Waals surface area contributed by atoms with Gasteiger partial charge in [-0.05, 0) is 43.7 Å². The molecule has 1 heteroatoms. The van der Waals surface area contributed by atoms with Crippen molar-refractivity contribution >= 4 is 0 Å². The van der Waals surface area contributed by atoms with Crippen LogP contribution in [-0.4, -0.2) is 6.61 Å². The van der Waals surface area contributed by atoms with Gasteiger partial charge in [0.2, 0.25) is 0 Å². The lowest BCUT2D eigenvalue weighted by Crippen LogP contribution is -2.06. The van der Waals surface area contributed by atoms with Crippen LogP contribution < -0.4 is 0 Å². The van der Waals surface area contributed by atoms with E-state index in [2.05, 4.69) is 37.3 Å². The standard InChI is InChI=1S/C15H20O/c1-2-16-15(14-9-6-10-14)12-11-13-7-4-3-5-8-13/h3-5,7-8H,2,6,9-12H2,1H3. The van der Waals surface area contributed by atoms with Crippen molar-refractivity contribution in [3.63, 3.8) is 0 Å². The molecule has 1 aliphatic carbocycles. The summed E-state index contributed by atoms with van der Waals surface area (Å²) in [4.78, 5) is 0. The maximum atomic E-state index is 5.75. The molecule has 1 saturated carbocycles. The third-order valence-corrected chi connectivity index (χ3v) is 3.15. The summed E-state index contributed by atoms with van der Waals surface area (Å²) in [6.45, 7) is 2.87. The molecule has 0 radical (unpaired) electrons. The Morgan fingerprint density at radius 1 is 1.19 bits per heavy atom. The second-order valence-electron chi connectivity index (χ2n) is 4.30. The first kappa shape index (κ1) is 11.3. The highest BCUT2D eigenvalue weighted by Crippen LogP contribution is 2.31. The molecule has 0 unspecified atom stereocenters. The Morgan fingerprint density at radius 2 is 1.94 bits per heavy atom. The summed E-state index contributed by atoms with van der Waals surface area (Å²) in [5, 5.41) is 0. The summed E-state index contributed by atoms with van der Waals surface area (Å²) in [6, 6.07) is 10.7. The lowest BCUT2D eigenvalue weighted by Gasteiger charge is -2.22. The molecule has 0 saturated heterocycles. The van der Waals surface area contributed by atoms with Crippen LogP contribution in [-0.2, 0) is 11.2 Å². The van der Waals surface area contributed by atoms with Crippen LogP contribution in [0.15, 0.2) is 41.7 Å². The summed E-state index contributed by atoms with van der Waals surface area (Å²) in [6.07, 6.45) is 6.01. The average molecular weight is 216 g/mol. The van der Waals surface area contributed by atoms with E-state index in [4.69, 9.17) is 4.74 Å². The first-order valence-electron chi connectivity index (χ1n) is 6.27. The predicted molar refractivity (Wildman–Crippen MR) is 67.3 cm³/mol. The fraction of sp³-hybridized carbons (Fsp3) is 0.467. The Balaban J connectivity index is 1.92. The minimum Gasteiger partial charge on any atom is -0.498 e. The Kier molecular flexibility index (Phi) is 4.03. The van der Waals surface area contributed by atoms with Gasteiger partial charge in [-0.2, -0.15) is 0 Å². The van der Waals surface area contributed by atoms with Crippen molar-refractivity contribution in [1.82, 2.24) is 0 Å². The lowest BCUT2D eigenvalue weighted by atomic mass is 9.89. The first-order chi connectivity index (χ1) is 7.90. The zero-order chi connectivity index (χ0) is 11.2. The van der Waals surface area contributed by atoms with Crippen LogP contribution in [0, 0.1) is 0 Å². The summed E-state index contributed by atoms with van der Waals surface area (Å²) < 4.78 is 5.75. The second kappa shape index (κ2) is 5.74. The first-order valence-corrected chi connectivity index (χ1v) is 6.27. The zero-order valence-electron chi connectivity index (χ0n) is 10.0. The minimum atomic E-state index is 0.799. The van der Waals surface area contributed by atoms with Crippen LogP contribution in [0.5, 0.6) is 0 Å². The molecule has 1 nitrogen and oxygen atoms in total. The Labute approximate surface area is 98.1 Å².